The first kappa shape index (κ1) is 26.4. The number of hydrogen-bond acceptors (Lipinski definition) is 5. The SMILES string of the molecule is CCC(C)C(NS(=O)(=O)c1ccccc1)C(=O)N1CCC[C@H]1C(=O)NCc1ccc(C(=N)N)cc1. The summed E-state index contributed by atoms with van der Waals surface area (Å²) < 4.78 is 28.5. The predicted molar refractivity (Wildman–Crippen MR) is 134 cm³/mol. The molecular weight excluding hydrogens is 466 g/mol. The Bertz CT molecular complexity index is 1150. The third-order valence-corrected chi connectivity index (χ3v) is 7.84. The van der Waals surface area contributed by atoms with Crippen molar-refractivity contribution in [2.75, 3.05) is 6.54 Å². The van der Waals surface area contributed by atoms with Gasteiger partial charge in [0.1, 0.15) is 17.9 Å². The van der Waals surface area contributed by atoms with Crippen LogP contribution in [0.3, 0.4) is 0 Å². The van der Waals surface area contributed by atoms with E-state index in [4.69, 9.17) is 11.1 Å². The number of nitrogens with one attached hydrogen (secondary N) is 3. The lowest BCUT2D eigenvalue weighted by atomic mass is 9.98. The molecule has 1 aliphatic rings. The van der Waals surface area contributed by atoms with Gasteiger partial charge in [-0.2, -0.15) is 4.72 Å². The van der Waals surface area contributed by atoms with Gasteiger partial charge in [0.15, 0.2) is 0 Å². The lowest BCUT2D eigenvalue weighted by molar-refractivity contribution is -0.140. The van der Waals surface area contributed by atoms with Crippen molar-refractivity contribution >= 4 is 27.7 Å². The molecule has 0 aliphatic carbocycles. The third kappa shape index (κ3) is 6.46. The summed E-state index contributed by atoms with van der Waals surface area (Å²) in [5.41, 5.74) is 6.91. The highest BCUT2D eigenvalue weighted by Gasteiger charge is 2.40. The molecule has 1 heterocycles. The maximum atomic E-state index is 13.5. The molecule has 3 atom stereocenters. The Morgan fingerprint density at radius 3 is 2.40 bits per heavy atom. The summed E-state index contributed by atoms with van der Waals surface area (Å²) in [7, 11) is -3.90. The molecule has 5 N–H and O–H groups in total. The number of carbonyl (C=O) groups is 2. The third-order valence-electron chi connectivity index (χ3n) is 6.38. The van der Waals surface area contributed by atoms with Crippen molar-refractivity contribution in [3.63, 3.8) is 0 Å². The molecule has 1 aliphatic heterocycles. The summed E-state index contributed by atoms with van der Waals surface area (Å²) in [5, 5.41) is 10.3. The fourth-order valence-electron chi connectivity index (χ4n) is 4.07. The molecule has 3 rings (SSSR count). The first-order valence-electron chi connectivity index (χ1n) is 11.7. The zero-order valence-corrected chi connectivity index (χ0v) is 20.8. The van der Waals surface area contributed by atoms with Crippen molar-refractivity contribution in [3.8, 4) is 0 Å². The summed E-state index contributed by atoms with van der Waals surface area (Å²) in [6.45, 7) is 4.38. The van der Waals surface area contributed by atoms with Crippen LogP contribution in [0.4, 0.5) is 0 Å². The molecule has 1 saturated heterocycles. The van der Waals surface area contributed by atoms with Gasteiger partial charge < -0.3 is 16.0 Å². The molecule has 188 valence electrons. The maximum Gasteiger partial charge on any atom is 0.243 e. The standard InChI is InChI=1S/C25H33N5O4S/c1-3-17(2)22(29-35(33,34)20-8-5-4-6-9-20)25(32)30-15-7-10-21(30)24(31)28-16-18-11-13-19(14-12-18)23(26)27/h4-6,8-9,11-14,17,21-22,29H,3,7,10,15-16H2,1-2H3,(H3,26,27)(H,28,31)/t17?,21-,22?/m0/s1. The second kappa shape index (κ2) is 11.5. The molecule has 0 saturated carbocycles. The molecule has 0 spiro atoms. The van der Waals surface area contributed by atoms with E-state index in [0.29, 0.717) is 31.4 Å². The zero-order valence-electron chi connectivity index (χ0n) is 20.0. The normalized spacial score (nSPS) is 17.5. The van der Waals surface area contributed by atoms with E-state index in [2.05, 4.69) is 10.0 Å². The average Bonchev–Trinajstić information content (AvgIpc) is 3.36. The van der Waals surface area contributed by atoms with E-state index in [1.807, 2.05) is 13.8 Å². The molecule has 0 radical (unpaired) electrons. The van der Waals surface area contributed by atoms with E-state index in [0.717, 1.165) is 5.56 Å². The van der Waals surface area contributed by atoms with Crippen LogP contribution in [-0.2, 0) is 26.2 Å². The topological polar surface area (TPSA) is 145 Å². The molecular formula is C25H33N5O4S. The van der Waals surface area contributed by atoms with Crippen LogP contribution in [-0.4, -0.2) is 49.6 Å². The monoisotopic (exact) mass is 499 g/mol. The minimum atomic E-state index is -3.90. The molecule has 1 fully saturated rings. The van der Waals surface area contributed by atoms with E-state index >= 15 is 0 Å². The summed E-state index contributed by atoms with van der Waals surface area (Å²) in [5.74, 6) is -0.952. The number of nitrogen functional groups attached to an aromatic ring is 1. The smallest absolute Gasteiger partial charge is 0.243 e. The van der Waals surface area contributed by atoms with Crippen molar-refractivity contribution in [2.45, 2.75) is 56.6 Å². The van der Waals surface area contributed by atoms with Crippen LogP contribution < -0.4 is 15.8 Å². The Balaban J connectivity index is 1.71. The fraction of sp³-hybridized carbons (Fsp3) is 0.400. The van der Waals surface area contributed by atoms with E-state index in [1.54, 1.807) is 42.5 Å². The molecule has 2 amide bonds. The fourth-order valence-corrected chi connectivity index (χ4v) is 5.39. The molecule has 2 aromatic rings. The van der Waals surface area contributed by atoms with Crippen LogP contribution in [0.25, 0.3) is 0 Å². The zero-order chi connectivity index (χ0) is 25.6. The quantitative estimate of drug-likeness (QED) is 0.292. The van der Waals surface area contributed by atoms with Crippen molar-refractivity contribution in [1.82, 2.24) is 14.9 Å². The van der Waals surface area contributed by atoms with Gasteiger partial charge in [0, 0.05) is 18.7 Å². The highest BCUT2D eigenvalue weighted by Crippen LogP contribution is 2.23. The molecule has 2 aromatic carbocycles. The van der Waals surface area contributed by atoms with Gasteiger partial charge in [0.2, 0.25) is 21.8 Å². The number of nitrogens with zero attached hydrogens (tertiary/aromatic N) is 1. The van der Waals surface area contributed by atoms with Gasteiger partial charge in [0.25, 0.3) is 0 Å². The van der Waals surface area contributed by atoms with Crippen LogP contribution in [0.15, 0.2) is 59.5 Å². The summed E-state index contributed by atoms with van der Waals surface area (Å²) in [6, 6.07) is 13.3. The van der Waals surface area contributed by atoms with Crippen LogP contribution in [0.1, 0.15) is 44.2 Å². The maximum absolute atomic E-state index is 13.5. The van der Waals surface area contributed by atoms with Gasteiger partial charge in [-0.3, -0.25) is 15.0 Å². The molecule has 2 unspecified atom stereocenters. The Kier molecular flexibility index (Phi) is 8.63. The lowest BCUT2D eigenvalue weighted by Crippen LogP contribution is -2.55. The molecule has 0 aromatic heterocycles. The first-order valence-corrected chi connectivity index (χ1v) is 13.2. The summed E-state index contributed by atoms with van der Waals surface area (Å²) in [4.78, 5) is 28.1. The van der Waals surface area contributed by atoms with Gasteiger partial charge in [-0.05, 0) is 36.5 Å². The van der Waals surface area contributed by atoms with Gasteiger partial charge in [-0.25, -0.2) is 8.42 Å². The lowest BCUT2D eigenvalue weighted by Gasteiger charge is -2.31. The van der Waals surface area contributed by atoms with Crippen LogP contribution in [0, 0.1) is 11.3 Å². The number of likely N-dealkylation sites (tertiary alicyclic amines) is 1. The van der Waals surface area contributed by atoms with Crippen LogP contribution in [0.5, 0.6) is 0 Å². The Morgan fingerprint density at radius 2 is 1.80 bits per heavy atom. The van der Waals surface area contributed by atoms with Gasteiger partial charge >= 0.3 is 0 Å². The minimum Gasteiger partial charge on any atom is -0.384 e. The average molecular weight is 500 g/mol. The number of sulfonamides is 1. The predicted octanol–water partition coefficient (Wildman–Crippen LogP) is 1.97. The van der Waals surface area contributed by atoms with Crippen LogP contribution in [0.2, 0.25) is 0 Å². The second-order valence-electron chi connectivity index (χ2n) is 8.82. The number of rotatable bonds is 10. The molecule has 0 bridgehead atoms. The van der Waals surface area contributed by atoms with E-state index in [9.17, 15) is 18.0 Å². The van der Waals surface area contributed by atoms with Crippen molar-refractivity contribution in [2.24, 2.45) is 11.7 Å². The largest absolute Gasteiger partial charge is 0.384 e. The van der Waals surface area contributed by atoms with E-state index in [1.165, 1.54) is 17.0 Å². The van der Waals surface area contributed by atoms with Crippen molar-refractivity contribution in [1.29, 1.82) is 5.41 Å². The number of nitrogens with two attached hydrogens (primary N) is 1. The number of amides is 2. The number of amidine groups is 1. The van der Waals surface area contributed by atoms with Gasteiger partial charge in [0.05, 0.1) is 4.90 Å². The Labute approximate surface area is 206 Å². The highest BCUT2D eigenvalue weighted by atomic mass is 32.2. The van der Waals surface area contributed by atoms with Gasteiger partial charge in [-0.1, -0.05) is 62.7 Å². The van der Waals surface area contributed by atoms with Crippen molar-refractivity contribution in [3.05, 3.63) is 65.7 Å². The van der Waals surface area contributed by atoms with Crippen molar-refractivity contribution < 1.29 is 18.0 Å². The number of benzene rings is 2. The second-order valence-corrected chi connectivity index (χ2v) is 10.5. The number of carbonyl (C=O) groups excluding carboxylic acids is 2. The molecule has 35 heavy (non-hydrogen) atoms. The number of hydrogen-bond donors (Lipinski definition) is 4. The van der Waals surface area contributed by atoms with Crippen LogP contribution >= 0.6 is 0 Å². The molecule has 10 heteroatoms. The Hall–Kier alpha value is -3.24. The summed E-state index contributed by atoms with van der Waals surface area (Å²) in [6.07, 6.45) is 1.77. The summed E-state index contributed by atoms with van der Waals surface area (Å²) >= 11 is 0. The van der Waals surface area contributed by atoms with E-state index in [-0.39, 0.29) is 35.0 Å². The minimum absolute atomic E-state index is 0.0283. The van der Waals surface area contributed by atoms with E-state index < -0.39 is 22.1 Å². The highest BCUT2D eigenvalue weighted by molar-refractivity contribution is 7.89. The molecule has 9 nitrogen and oxygen atoms in total. The Morgan fingerprint density at radius 1 is 1.14 bits per heavy atom. The van der Waals surface area contributed by atoms with Gasteiger partial charge in [-0.15, -0.1) is 0 Å². The first-order chi connectivity index (χ1) is 16.6.